The Kier molecular flexibility index (Phi) is 6.51. The van der Waals surface area contributed by atoms with Crippen molar-refractivity contribution in [2.24, 2.45) is 11.8 Å². The first-order valence-corrected chi connectivity index (χ1v) is 12.9. The molecule has 3 aliphatic rings. The zero-order chi connectivity index (χ0) is 25.5. The Labute approximate surface area is 210 Å². The summed E-state index contributed by atoms with van der Waals surface area (Å²) in [6.07, 6.45) is 3.12. The third-order valence-electron chi connectivity index (χ3n) is 8.14. The number of carbonyl (C=O) groups excluding carboxylic acids is 3. The molecule has 2 amide bonds. The summed E-state index contributed by atoms with van der Waals surface area (Å²) in [5.74, 6) is -2.45. The Morgan fingerprint density at radius 3 is 2.67 bits per heavy atom. The molecule has 2 aromatic carbocycles. The Balaban J connectivity index is 1.48. The molecule has 5 rings (SSSR count). The standard InChI is InChI=1S/C28H34N2O6/c1-3-35-26(34)22-21-25(33)30(15-7-4-8-16-31)23(28(21)14-13-27(22,2)36-28)24(32)29-20-12-11-18-9-5-6-10-19(18)17-20/h5-6,9-12,17,21-23,31H,3-4,7-8,13-16H2,1-2H3,(H,29,32)/t21-,22+,23?,27-,28?/m0/s1. The number of hydrogen-bond donors (Lipinski definition) is 2. The molecule has 8 heteroatoms. The number of amides is 2. The van der Waals surface area contributed by atoms with Gasteiger partial charge in [0.05, 0.1) is 18.1 Å². The maximum absolute atomic E-state index is 13.9. The van der Waals surface area contributed by atoms with E-state index in [0.29, 0.717) is 37.9 Å². The second-order valence-electron chi connectivity index (χ2n) is 10.3. The fourth-order valence-corrected chi connectivity index (χ4v) is 6.60. The van der Waals surface area contributed by atoms with E-state index in [-0.39, 0.29) is 25.0 Å². The molecular weight excluding hydrogens is 460 g/mol. The molecule has 0 saturated carbocycles. The molecule has 3 aliphatic heterocycles. The van der Waals surface area contributed by atoms with E-state index in [1.807, 2.05) is 49.4 Å². The van der Waals surface area contributed by atoms with Gasteiger partial charge < -0.3 is 24.8 Å². The fourth-order valence-electron chi connectivity index (χ4n) is 6.60. The molecular formula is C28H34N2O6. The molecule has 1 spiro atoms. The highest BCUT2D eigenvalue weighted by atomic mass is 16.6. The Morgan fingerprint density at radius 1 is 1.14 bits per heavy atom. The SMILES string of the molecule is CCOC(=O)[C@H]1[C@H]2C(=O)N(CCCCCO)C(C(=O)Nc3ccc4ccccc4c3)C23CC[C@]1(C)O3. The summed E-state index contributed by atoms with van der Waals surface area (Å²) in [5, 5.41) is 14.3. The highest BCUT2D eigenvalue weighted by Crippen LogP contribution is 2.63. The van der Waals surface area contributed by atoms with Crippen molar-refractivity contribution in [2.45, 2.75) is 63.2 Å². The van der Waals surface area contributed by atoms with Gasteiger partial charge in [0.2, 0.25) is 11.8 Å². The summed E-state index contributed by atoms with van der Waals surface area (Å²) in [4.78, 5) is 42.4. The van der Waals surface area contributed by atoms with Crippen molar-refractivity contribution in [3.05, 3.63) is 42.5 Å². The molecule has 2 N–H and O–H groups in total. The number of aliphatic hydroxyl groups excluding tert-OH is 1. The van der Waals surface area contributed by atoms with Crippen LogP contribution in [0.15, 0.2) is 42.5 Å². The zero-order valence-corrected chi connectivity index (χ0v) is 20.9. The van der Waals surface area contributed by atoms with Crippen LogP contribution in [-0.4, -0.2) is 64.8 Å². The predicted molar refractivity (Wildman–Crippen MR) is 134 cm³/mol. The average Bonchev–Trinajstić information content (AvgIpc) is 3.42. The van der Waals surface area contributed by atoms with Gasteiger partial charge in [-0.1, -0.05) is 30.3 Å². The molecule has 0 radical (unpaired) electrons. The van der Waals surface area contributed by atoms with Crippen molar-refractivity contribution in [3.63, 3.8) is 0 Å². The number of nitrogens with one attached hydrogen (secondary N) is 1. The highest BCUT2D eigenvalue weighted by Gasteiger charge is 2.78. The van der Waals surface area contributed by atoms with Crippen LogP contribution in [0.25, 0.3) is 10.8 Å². The van der Waals surface area contributed by atoms with E-state index in [1.54, 1.807) is 11.8 Å². The number of likely N-dealkylation sites (tertiary alicyclic amines) is 1. The van der Waals surface area contributed by atoms with Gasteiger partial charge in [0.25, 0.3) is 0 Å². The van der Waals surface area contributed by atoms with Crippen molar-refractivity contribution >= 4 is 34.2 Å². The second kappa shape index (κ2) is 9.48. The number of ether oxygens (including phenoxy) is 2. The van der Waals surface area contributed by atoms with Crippen LogP contribution in [-0.2, 0) is 23.9 Å². The minimum Gasteiger partial charge on any atom is -0.466 e. The molecule has 3 saturated heterocycles. The van der Waals surface area contributed by atoms with E-state index >= 15 is 0 Å². The van der Waals surface area contributed by atoms with Crippen LogP contribution in [0.1, 0.15) is 46.0 Å². The van der Waals surface area contributed by atoms with Crippen LogP contribution in [0.4, 0.5) is 5.69 Å². The number of aliphatic hydroxyl groups is 1. The fraction of sp³-hybridized carbons (Fsp3) is 0.536. The van der Waals surface area contributed by atoms with Gasteiger partial charge in [-0.2, -0.15) is 0 Å². The summed E-state index contributed by atoms with van der Waals surface area (Å²) in [7, 11) is 0. The van der Waals surface area contributed by atoms with Gasteiger partial charge in [0.15, 0.2) is 0 Å². The normalized spacial score (nSPS) is 30.6. The number of esters is 1. The molecule has 8 nitrogen and oxygen atoms in total. The third kappa shape index (κ3) is 3.87. The number of benzene rings is 2. The van der Waals surface area contributed by atoms with Gasteiger partial charge in [-0.05, 0) is 68.9 Å². The molecule has 0 aliphatic carbocycles. The molecule has 5 atom stereocenters. The Bertz CT molecular complexity index is 1180. The molecule has 2 bridgehead atoms. The lowest BCUT2D eigenvalue weighted by Gasteiger charge is -2.33. The van der Waals surface area contributed by atoms with Gasteiger partial charge in [-0.3, -0.25) is 14.4 Å². The molecule has 3 heterocycles. The molecule has 3 fully saturated rings. The minimum absolute atomic E-state index is 0.0821. The molecule has 0 aromatic heterocycles. The Morgan fingerprint density at radius 2 is 1.92 bits per heavy atom. The third-order valence-corrected chi connectivity index (χ3v) is 8.14. The van der Waals surface area contributed by atoms with Crippen molar-refractivity contribution in [1.29, 1.82) is 0 Å². The van der Waals surface area contributed by atoms with Crippen molar-refractivity contribution in [3.8, 4) is 0 Å². The lowest BCUT2D eigenvalue weighted by atomic mass is 9.66. The summed E-state index contributed by atoms with van der Waals surface area (Å²) >= 11 is 0. The first kappa shape index (κ1) is 24.7. The van der Waals surface area contributed by atoms with E-state index in [4.69, 9.17) is 14.6 Å². The summed E-state index contributed by atoms with van der Waals surface area (Å²) in [6.45, 7) is 4.27. The number of hydrogen-bond acceptors (Lipinski definition) is 6. The summed E-state index contributed by atoms with van der Waals surface area (Å²) in [6, 6.07) is 12.8. The van der Waals surface area contributed by atoms with Crippen LogP contribution in [0.3, 0.4) is 0 Å². The van der Waals surface area contributed by atoms with Gasteiger partial charge in [0.1, 0.15) is 17.6 Å². The molecule has 36 heavy (non-hydrogen) atoms. The number of nitrogens with zero attached hydrogens (tertiary/aromatic N) is 1. The topological polar surface area (TPSA) is 105 Å². The van der Waals surface area contributed by atoms with Crippen LogP contribution in [0, 0.1) is 11.8 Å². The second-order valence-corrected chi connectivity index (χ2v) is 10.3. The molecule has 192 valence electrons. The maximum Gasteiger partial charge on any atom is 0.312 e. The first-order valence-electron chi connectivity index (χ1n) is 12.9. The lowest BCUT2D eigenvalue weighted by molar-refractivity contribution is -0.158. The number of fused-ring (bicyclic) bond motifs is 2. The van der Waals surface area contributed by atoms with Gasteiger partial charge >= 0.3 is 5.97 Å². The molecule has 2 aromatic rings. The van der Waals surface area contributed by atoms with Crippen LogP contribution < -0.4 is 5.32 Å². The average molecular weight is 495 g/mol. The largest absolute Gasteiger partial charge is 0.466 e. The van der Waals surface area contributed by atoms with Crippen LogP contribution in [0.2, 0.25) is 0 Å². The minimum atomic E-state index is -1.07. The summed E-state index contributed by atoms with van der Waals surface area (Å²) < 4.78 is 11.9. The number of carbonyl (C=O) groups is 3. The van der Waals surface area contributed by atoms with E-state index in [1.165, 1.54) is 0 Å². The zero-order valence-electron chi connectivity index (χ0n) is 20.9. The lowest BCUT2D eigenvalue weighted by Crippen LogP contribution is -2.53. The quantitative estimate of drug-likeness (QED) is 0.410. The van der Waals surface area contributed by atoms with Crippen molar-refractivity contribution in [1.82, 2.24) is 4.90 Å². The Hall–Kier alpha value is -2.97. The predicted octanol–water partition coefficient (Wildman–Crippen LogP) is 3.27. The van der Waals surface area contributed by atoms with Crippen molar-refractivity contribution in [2.75, 3.05) is 25.1 Å². The summed E-state index contributed by atoms with van der Waals surface area (Å²) in [5.41, 5.74) is -1.26. The number of unbranched alkanes of at least 4 members (excludes halogenated alkanes) is 2. The van der Waals surface area contributed by atoms with Crippen LogP contribution >= 0.6 is 0 Å². The monoisotopic (exact) mass is 494 g/mol. The van der Waals surface area contributed by atoms with E-state index in [0.717, 1.165) is 17.2 Å². The van der Waals surface area contributed by atoms with Gasteiger partial charge in [-0.25, -0.2) is 0 Å². The first-order chi connectivity index (χ1) is 17.3. The van der Waals surface area contributed by atoms with Gasteiger partial charge in [-0.15, -0.1) is 0 Å². The van der Waals surface area contributed by atoms with Crippen molar-refractivity contribution < 1.29 is 29.0 Å². The van der Waals surface area contributed by atoms with Crippen LogP contribution in [0.5, 0.6) is 0 Å². The smallest absolute Gasteiger partial charge is 0.312 e. The number of rotatable bonds is 9. The molecule has 2 unspecified atom stereocenters. The highest BCUT2D eigenvalue weighted by molar-refractivity contribution is 6.04. The maximum atomic E-state index is 13.9. The van der Waals surface area contributed by atoms with E-state index in [2.05, 4.69) is 5.32 Å². The van der Waals surface area contributed by atoms with Gasteiger partial charge in [0, 0.05) is 18.8 Å². The number of anilines is 1. The van der Waals surface area contributed by atoms with E-state index < -0.39 is 35.0 Å². The van der Waals surface area contributed by atoms with E-state index in [9.17, 15) is 14.4 Å².